The standard InChI is InChI=1S/C9H11ClN2O4S/c10-8-2-1-3-9(12(13)14)7(8)6-17(15,16)5-4-11/h1-3H,4-6,11H2. The molecule has 1 rings (SSSR count). The lowest BCUT2D eigenvalue weighted by Gasteiger charge is -2.05. The molecule has 17 heavy (non-hydrogen) atoms. The van der Waals surface area contributed by atoms with Gasteiger partial charge in [-0.25, -0.2) is 8.42 Å². The van der Waals surface area contributed by atoms with E-state index < -0.39 is 20.5 Å². The Labute approximate surface area is 103 Å². The zero-order valence-electron chi connectivity index (χ0n) is 8.80. The Hall–Kier alpha value is -1.18. The largest absolute Gasteiger partial charge is 0.329 e. The van der Waals surface area contributed by atoms with Crippen molar-refractivity contribution in [1.29, 1.82) is 0 Å². The third-order valence-electron chi connectivity index (χ3n) is 2.08. The molecular weight excluding hydrogens is 268 g/mol. The number of nitro benzene ring substituents is 1. The van der Waals surface area contributed by atoms with Gasteiger partial charge >= 0.3 is 0 Å². The van der Waals surface area contributed by atoms with Gasteiger partial charge < -0.3 is 5.73 Å². The summed E-state index contributed by atoms with van der Waals surface area (Å²) in [5.41, 5.74) is 4.87. The minimum Gasteiger partial charge on any atom is -0.329 e. The molecule has 6 nitrogen and oxygen atoms in total. The number of rotatable bonds is 5. The van der Waals surface area contributed by atoms with Gasteiger partial charge in [0.25, 0.3) is 5.69 Å². The molecule has 0 radical (unpaired) electrons. The Morgan fingerprint density at radius 1 is 1.41 bits per heavy atom. The van der Waals surface area contributed by atoms with Gasteiger partial charge in [0.1, 0.15) is 0 Å². The molecule has 0 spiro atoms. The first kappa shape index (κ1) is 13.9. The van der Waals surface area contributed by atoms with E-state index in [2.05, 4.69) is 0 Å². The zero-order chi connectivity index (χ0) is 13.1. The summed E-state index contributed by atoms with van der Waals surface area (Å²) in [6, 6.07) is 4.04. The van der Waals surface area contributed by atoms with Crippen molar-refractivity contribution < 1.29 is 13.3 Å². The molecule has 2 N–H and O–H groups in total. The summed E-state index contributed by atoms with van der Waals surface area (Å²) >= 11 is 5.78. The van der Waals surface area contributed by atoms with Crippen LogP contribution in [0.5, 0.6) is 0 Å². The van der Waals surface area contributed by atoms with Gasteiger partial charge in [-0.2, -0.15) is 0 Å². The van der Waals surface area contributed by atoms with Crippen LogP contribution in [0, 0.1) is 10.1 Å². The summed E-state index contributed by atoms with van der Waals surface area (Å²) in [5, 5.41) is 10.8. The van der Waals surface area contributed by atoms with E-state index in [0.717, 1.165) is 0 Å². The highest BCUT2D eigenvalue weighted by atomic mass is 35.5. The van der Waals surface area contributed by atoms with Crippen LogP contribution in [0.2, 0.25) is 5.02 Å². The Morgan fingerprint density at radius 2 is 2.06 bits per heavy atom. The summed E-state index contributed by atoms with van der Waals surface area (Å²) in [5.74, 6) is -0.699. The molecule has 0 heterocycles. The number of nitro groups is 1. The van der Waals surface area contributed by atoms with Crippen molar-refractivity contribution in [3.8, 4) is 0 Å². The van der Waals surface area contributed by atoms with E-state index in [0.29, 0.717) is 0 Å². The Morgan fingerprint density at radius 3 is 2.59 bits per heavy atom. The fourth-order valence-electron chi connectivity index (χ4n) is 1.33. The smallest absolute Gasteiger partial charge is 0.275 e. The van der Waals surface area contributed by atoms with Crippen molar-refractivity contribution in [3.05, 3.63) is 38.9 Å². The number of nitrogens with two attached hydrogens (primary N) is 1. The SMILES string of the molecule is NCCS(=O)(=O)Cc1c(Cl)cccc1[N+](=O)[O-]. The third-order valence-corrected chi connectivity index (χ3v) is 4.02. The topological polar surface area (TPSA) is 103 Å². The highest BCUT2D eigenvalue weighted by molar-refractivity contribution is 7.90. The average Bonchev–Trinajstić information content (AvgIpc) is 2.20. The molecule has 0 aromatic heterocycles. The van der Waals surface area contributed by atoms with Crippen LogP contribution < -0.4 is 5.73 Å². The molecule has 94 valence electrons. The number of halogens is 1. The second-order valence-electron chi connectivity index (χ2n) is 3.38. The van der Waals surface area contributed by atoms with Gasteiger partial charge in [0, 0.05) is 12.6 Å². The fourth-order valence-corrected chi connectivity index (χ4v) is 2.90. The van der Waals surface area contributed by atoms with Crippen LogP contribution in [0.1, 0.15) is 5.56 Å². The summed E-state index contributed by atoms with van der Waals surface area (Å²) in [6.07, 6.45) is 0. The van der Waals surface area contributed by atoms with Crippen LogP contribution in [-0.2, 0) is 15.6 Å². The van der Waals surface area contributed by atoms with Crippen LogP contribution in [0.15, 0.2) is 18.2 Å². The summed E-state index contributed by atoms with van der Waals surface area (Å²) < 4.78 is 23.1. The van der Waals surface area contributed by atoms with Crippen molar-refractivity contribution in [2.24, 2.45) is 5.73 Å². The van der Waals surface area contributed by atoms with E-state index in [1.165, 1.54) is 18.2 Å². The minimum absolute atomic E-state index is 0.00705. The van der Waals surface area contributed by atoms with Gasteiger partial charge in [-0.05, 0) is 6.07 Å². The normalized spacial score (nSPS) is 11.4. The van der Waals surface area contributed by atoms with E-state index in [4.69, 9.17) is 17.3 Å². The molecule has 0 saturated carbocycles. The predicted molar refractivity (Wildman–Crippen MR) is 64.7 cm³/mol. The van der Waals surface area contributed by atoms with Gasteiger partial charge in [0.05, 0.1) is 27.0 Å². The summed E-state index contributed by atoms with van der Waals surface area (Å²) in [4.78, 5) is 10.1. The summed E-state index contributed by atoms with van der Waals surface area (Å²) in [7, 11) is -3.48. The molecule has 0 saturated heterocycles. The molecule has 1 aromatic rings. The Balaban J connectivity index is 3.18. The second-order valence-corrected chi connectivity index (χ2v) is 5.97. The van der Waals surface area contributed by atoms with E-state index in [-0.39, 0.29) is 28.6 Å². The molecule has 0 unspecified atom stereocenters. The minimum atomic E-state index is -3.48. The maximum atomic E-state index is 11.6. The Kier molecular flexibility index (Phi) is 4.44. The van der Waals surface area contributed by atoms with Crippen molar-refractivity contribution >= 4 is 27.1 Å². The maximum Gasteiger partial charge on any atom is 0.275 e. The number of hydrogen-bond acceptors (Lipinski definition) is 5. The molecule has 1 aromatic carbocycles. The van der Waals surface area contributed by atoms with E-state index in [1.54, 1.807) is 0 Å². The van der Waals surface area contributed by atoms with Gasteiger partial charge in [0.15, 0.2) is 9.84 Å². The molecule has 0 aliphatic carbocycles. The quantitative estimate of drug-likeness (QED) is 0.642. The van der Waals surface area contributed by atoms with Crippen molar-refractivity contribution in [2.75, 3.05) is 12.3 Å². The van der Waals surface area contributed by atoms with Crippen LogP contribution in [0.3, 0.4) is 0 Å². The monoisotopic (exact) mass is 278 g/mol. The van der Waals surface area contributed by atoms with Crippen molar-refractivity contribution in [1.82, 2.24) is 0 Å². The van der Waals surface area contributed by atoms with Gasteiger partial charge in [-0.15, -0.1) is 0 Å². The first-order valence-corrected chi connectivity index (χ1v) is 6.89. The van der Waals surface area contributed by atoms with E-state index in [9.17, 15) is 18.5 Å². The average molecular weight is 279 g/mol. The number of nitrogens with zero attached hydrogens (tertiary/aromatic N) is 1. The molecular formula is C9H11ClN2O4S. The van der Waals surface area contributed by atoms with Crippen LogP contribution >= 0.6 is 11.6 Å². The molecule has 0 bridgehead atoms. The fraction of sp³-hybridized carbons (Fsp3) is 0.333. The Bertz CT molecular complexity index is 530. The first-order valence-electron chi connectivity index (χ1n) is 4.69. The van der Waals surface area contributed by atoms with Crippen LogP contribution in [0.4, 0.5) is 5.69 Å². The first-order chi connectivity index (χ1) is 7.87. The molecule has 0 aliphatic rings. The lowest BCUT2D eigenvalue weighted by molar-refractivity contribution is -0.385. The number of hydrogen-bond donors (Lipinski definition) is 1. The van der Waals surface area contributed by atoms with Crippen molar-refractivity contribution in [2.45, 2.75) is 5.75 Å². The number of sulfone groups is 1. The van der Waals surface area contributed by atoms with E-state index >= 15 is 0 Å². The zero-order valence-corrected chi connectivity index (χ0v) is 10.4. The highest BCUT2D eigenvalue weighted by Crippen LogP contribution is 2.28. The molecule has 0 amide bonds. The summed E-state index contributed by atoms with van der Waals surface area (Å²) in [6.45, 7) is -0.0272. The highest BCUT2D eigenvalue weighted by Gasteiger charge is 2.22. The lowest BCUT2D eigenvalue weighted by atomic mass is 10.2. The van der Waals surface area contributed by atoms with Gasteiger partial charge in [-0.3, -0.25) is 10.1 Å². The predicted octanol–water partition coefficient (Wildman–Crippen LogP) is 1.12. The second kappa shape index (κ2) is 5.44. The van der Waals surface area contributed by atoms with Crippen LogP contribution in [-0.4, -0.2) is 25.6 Å². The van der Waals surface area contributed by atoms with E-state index in [1.807, 2.05) is 0 Å². The van der Waals surface area contributed by atoms with Crippen molar-refractivity contribution in [3.63, 3.8) is 0 Å². The van der Waals surface area contributed by atoms with Gasteiger partial charge in [0.2, 0.25) is 0 Å². The molecule has 8 heteroatoms. The maximum absolute atomic E-state index is 11.6. The molecule has 0 fully saturated rings. The van der Waals surface area contributed by atoms with Gasteiger partial charge in [-0.1, -0.05) is 17.7 Å². The molecule has 0 aliphatic heterocycles. The molecule has 0 atom stereocenters. The lowest BCUT2D eigenvalue weighted by Crippen LogP contribution is -2.18. The third kappa shape index (κ3) is 3.65. The number of benzene rings is 1. The van der Waals surface area contributed by atoms with Crippen LogP contribution in [0.25, 0.3) is 0 Å².